The van der Waals surface area contributed by atoms with E-state index in [0.717, 1.165) is 32.0 Å². The van der Waals surface area contributed by atoms with Crippen molar-refractivity contribution in [2.45, 2.75) is 0 Å². The molecule has 2 aromatic carbocycles. The van der Waals surface area contributed by atoms with Crippen molar-refractivity contribution in [2.75, 3.05) is 50.1 Å². The molecule has 142 valence electrons. The van der Waals surface area contributed by atoms with E-state index in [1.165, 1.54) is 4.90 Å². The Hall–Kier alpha value is -2.57. The van der Waals surface area contributed by atoms with E-state index in [9.17, 15) is 9.59 Å². The van der Waals surface area contributed by atoms with Crippen molar-refractivity contribution in [1.29, 1.82) is 0 Å². The van der Waals surface area contributed by atoms with E-state index < -0.39 is 0 Å². The Balaban J connectivity index is 1.55. The minimum atomic E-state index is -0.293. The number of carbonyl (C=O) groups excluding carboxylic acids is 2. The molecule has 0 aliphatic carbocycles. The fraction of sp³-hybridized carbons (Fsp3) is 0.300. The van der Waals surface area contributed by atoms with Crippen molar-refractivity contribution >= 4 is 34.8 Å². The van der Waals surface area contributed by atoms with Crippen molar-refractivity contribution in [3.8, 4) is 0 Å². The standard InChI is InChI=1S/C20H22ClN3O3/c1-23(20(26)17-4-2-3-5-18(17)21)14-19(25)22-15-6-8-16(9-7-15)24-10-12-27-13-11-24/h2-9H,10-14H2,1H3,(H,22,25). The number of hydrogen-bond donors (Lipinski definition) is 1. The van der Waals surface area contributed by atoms with Crippen LogP contribution in [0.1, 0.15) is 10.4 Å². The van der Waals surface area contributed by atoms with Gasteiger partial charge in [0.25, 0.3) is 5.91 Å². The Morgan fingerprint density at radius 1 is 1.11 bits per heavy atom. The van der Waals surface area contributed by atoms with Crippen LogP contribution in [0.15, 0.2) is 48.5 Å². The van der Waals surface area contributed by atoms with Gasteiger partial charge in [-0.3, -0.25) is 9.59 Å². The normalized spacial score (nSPS) is 13.9. The van der Waals surface area contributed by atoms with E-state index in [2.05, 4.69) is 10.2 Å². The summed E-state index contributed by atoms with van der Waals surface area (Å²) in [5, 5.41) is 3.18. The van der Waals surface area contributed by atoms with Crippen LogP contribution in [0.3, 0.4) is 0 Å². The topological polar surface area (TPSA) is 61.9 Å². The van der Waals surface area contributed by atoms with Gasteiger partial charge >= 0.3 is 0 Å². The van der Waals surface area contributed by atoms with Gasteiger partial charge in [0.15, 0.2) is 0 Å². The number of rotatable bonds is 5. The highest BCUT2D eigenvalue weighted by atomic mass is 35.5. The molecule has 1 fully saturated rings. The first-order valence-electron chi connectivity index (χ1n) is 8.77. The van der Waals surface area contributed by atoms with Crippen molar-refractivity contribution < 1.29 is 14.3 Å². The van der Waals surface area contributed by atoms with Crippen LogP contribution in [0, 0.1) is 0 Å². The predicted molar refractivity (Wildman–Crippen MR) is 107 cm³/mol. The van der Waals surface area contributed by atoms with Gasteiger partial charge in [0.1, 0.15) is 0 Å². The van der Waals surface area contributed by atoms with Crippen LogP contribution < -0.4 is 10.2 Å². The molecular weight excluding hydrogens is 366 g/mol. The average molecular weight is 388 g/mol. The maximum atomic E-state index is 12.4. The number of likely N-dealkylation sites (N-methyl/N-ethyl adjacent to an activating group) is 1. The van der Waals surface area contributed by atoms with Crippen LogP contribution in [0.4, 0.5) is 11.4 Å². The third-order valence-corrected chi connectivity index (χ3v) is 4.69. The van der Waals surface area contributed by atoms with Gasteiger partial charge in [-0.15, -0.1) is 0 Å². The van der Waals surface area contributed by atoms with Crippen LogP contribution in [0.5, 0.6) is 0 Å². The van der Waals surface area contributed by atoms with Crippen molar-refractivity contribution in [3.63, 3.8) is 0 Å². The molecule has 0 bridgehead atoms. The lowest BCUT2D eigenvalue weighted by Crippen LogP contribution is -2.36. The summed E-state index contributed by atoms with van der Waals surface area (Å²) >= 11 is 6.05. The van der Waals surface area contributed by atoms with Crippen molar-refractivity contribution in [2.24, 2.45) is 0 Å². The minimum Gasteiger partial charge on any atom is -0.378 e. The number of hydrogen-bond acceptors (Lipinski definition) is 4. The van der Waals surface area contributed by atoms with E-state index in [4.69, 9.17) is 16.3 Å². The Morgan fingerprint density at radius 3 is 2.44 bits per heavy atom. The molecule has 27 heavy (non-hydrogen) atoms. The maximum Gasteiger partial charge on any atom is 0.255 e. The largest absolute Gasteiger partial charge is 0.378 e. The number of benzene rings is 2. The molecule has 3 rings (SSSR count). The van der Waals surface area contributed by atoms with Crippen LogP contribution in [0.25, 0.3) is 0 Å². The van der Waals surface area contributed by atoms with Crippen molar-refractivity contribution in [3.05, 3.63) is 59.1 Å². The number of halogens is 1. The Labute approximate surface area is 163 Å². The third-order valence-electron chi connectivity index (χ3n) is 4.36. The summed E-state index contributed by atoms with van der Waals surface area (Å²) < 4.78 is 5.35. The van der Waals surface area contributed by atoms with Gasteiger partial charge in [-0.1, -0.05) is 23.7 Å². The van der Waals surface area contributed by atoms with Gasteiger partial charge in [-0.05, 0) is 36.4 Å². The second-order valence-electron chi connectivity index (χ2n) is 6.34. The number of morpholine rings is 1. The molecule has 1 saturated heterocycles. The maximum absolute atomic E-state index is 12.4. The van der Waals surface area contributed by atoms with Gasteiger partial charge in [-0.25, -0.2) is 0 Å². The van der Waals surface area contributed by atoms with Crippen LogP contribution in [-0.2, 0) is 9.53 Å². The molecule has 0 spiro atoms. The highest BCUT2D eigenvalue weighted by Crippen LogP contribution is 2.19. The highest BCUT2D eigenvalue weighted by molar-refractivity contribution is 6.33. The summed E-state index contributed by atoms with van der Waals surface area (Å²) in [5.74, 6) is -0.560. The summed E-state index contributed by atoms with van der Waals surface area (Å²) in [6.07, 6.45) is 0. The molecule has 6 nitrogen and oxygen atoms in total. The van der Waals surface area contributed by atoms with E-state index in [-0.39, 0.29) is 18.4 Å². The van der Waals surface area contributed by atoms with Gasteiger partial charge in [0, 0.05) is 31.5 Å². The lowest BCUT2D eigenvalue weighted by Gasteiger charge is -2.28. The molecule has 0 unspecified atom stereocenters. The number of nitrogens with one attached hydrogen (secondary N) is 1. The first-order valence-corrected chi connectivity index (χ1v) is 9.15. The first kappa shape index (κ1) is 19.2. The molecule has 0 atom stereocenters. The lowest BCUT2D eigenvalue weighted by molar-refractivity contribution is -0.116. The Kier molecular flexibility index (Phi) is 6.32. The van der Waals surface area contributed by atoms with E-state index in [0.29, 0.717) is 16.3 Å². The van der Waals surface area contributed by atoms with Crippen molar-refractivity contribution in [1.82, 2.24) is 4.90 Å². The minimum absolute atomic E-state index is 0.0602. The monoisotopic (exact) mass is 387 g/mol. The second-order valence-corrected chi connectivity index (χ2v) is 6.74. The molecule has 2 aromatic rings. The molecule has 7 heteroatoms. The number of amides is 2. The number of carbonyl (C=O) groups is 2. The summed E-state index contributed by atoms with van der Waals surface area (Å²) in [5.41, 5.74) is 2.17. The molecule has 0 saturated carbocycles. The SMILES string of the molecule is CN(CC(=O)Nc1ccc(N2CCOCC2)cc1)C(=O)c1ccccc1Cl. The summed E-state index contributed by atoms with van der Waals surface area (Å²) in [7, 11) is 1.58. The quantitative estimate of drug-likeness (QED) is 0.856. The van der Waals surface area contributed by atoms with Crippen LogP contribution in [0.2, 0.25) is 5.02 Å². The molecule has 0 aromatic heterocycles. The first-order chi connectivity index (χ1) is 13.0. The van der Waals surface area contributed by atoms with E-state index >= 15 is 0 Å². The molecular formula is C20H22ClN3O3. The Bertz CT molecular complexity index is 804. The molecule has 1 heterocycles. The number of nitrogens with zero attached hydrogens (tertiary/aromatic N) is 2. The van der Waals surface area contributed by atoms with E-state index in [1.54, 1.807) is 31.3 Å². The third kappa shape index (κ3) is 4.99. The summed E-state index contributed by atoms with van der Waals surface area (Å²) in [6.45, 7) is 3.12. The number of anilines is 2. The molecule has 2 amide bonds. The Morgan fingerprint density at radius 2 is 1.78 bits per heavy atom. The number of ether oxygens (including phenoxy) is 1. The zero-order valence-electron chi connectivity index (χ0n) is 15.2. The second kappa shape index (κ2) is 8.88. The fourth-order valence-corrected chi connectivity index (χ4v) is 3.12. The van der Waals surface area contributed by atoms with Gasteiger partial charge in [0.05, 0.1) is 30.3 Å². The summed E-state index contributed by atoms with van der Waals surface area (Å²) in [6, 6.07) is 14.5. The molecule has 1 N–H and O–H groups in total. The molecule has 1 aliphatic heterocycles. The van der Waals surface area contributed by atoms with Crippen LogP contribution >= 0.6 is 11.6 Å². The fourth-order valence-electron chi connectivity index (χ4n) is 2.91. The average Bonchev–Trinajstić information content (AvgIpc) is 2.69. The lowest BCUT2D eigenvalue weighted by atomic mass is 10.2. The predicted octanol–water partition coefficient (Wildman–Crippen LogP) is 2.89. The zero-order valence-corrected chi connectivity index (χ0v) is 15.9. The van der Waals surface area contributed by atoms with E-state index in [1.807, 2.05) is 24.3 Å². The summed E-state index contributed by atoms with van der Waals surface area (Å²) in [4.78, 5) is 28.3. The van der Waals surface area contributed by atoms with Crippen LogP contribution in [-0.4, -0.2) is 56.6 Å². The smallest absolute Gasteiger partial charge is 0.255 e. The highest BCUT2D eigenvalue weighted by Gasteiger charge is 2.17. The molecule has 1 aliphatic rings. The van der Waals surface area contributed by atoms with Gasteiger partial charge < -0.3 is 19.9 Å². The molecule has 0 radical (unpaired) electrons. The van der Waals surface area contributed by atoms with Gasteiger partial charge in [0.2, 0.25) is 5.91 Å². The van der Waals surface area contributed by atoms with Gasteiger partial charge in [-0.2, -0.15) is 0 Å². The zero-order chi connectivity index (χ0) is 19.2.